The van der Waals surface area contributed by atoms with E-state index >= 15 is 0 Å². The molecular weight excluding hydrogens is 391 g/mol. The molecule has 1 amide bonds. The van der Waals surface area contributed by atoms with Crippen molar-refractivity contribution >= 4 is 27.3 Å². The molecule has 0 atom stereocenters. The Hall–Kier alpha value is -2.27. The number of likely N-dealkylation sites (tertiary alicyclic amines) is 1. The van der Waals surface area contributed by atoms with Crippen molar-refractivity contribution in [2.45, 2.75) is 32.2 Å². The molecule has 2 rings (SSSR count). The Balaban J connectivity index is 2.13. The summed E-state index contributed by atoms with van der Waals surface area (Å²) in [5, 5.41) is 11.3. The van der Waals surface area contributed by atoms with Gasteiger partial charge in [-0.2, -0.15) is 0 Å². The van der Waals surface area contributed by atoms with Crippen molar-refractivity contribution in [2.75, 3.05) is 37.8 Å². The van der Waals surface area contributed by atoms with Gasteiger partial charge in [0.05, 0.1) is 16.2 Å². The van der Waals surface area contributed by atoms with E-state index in [9.17, 15) is 27.7 Å². The van der Waals surface area contributed by atoms with Crippen molar-refractivity contribution in [3.63, 3.8) is 0 Å². The Labute approximate surface area is 163 Å². The highest BCUT2D eigenvalue weighted by molar-refractivity contribution is 7.89. The molecule has 1 aliphatic rings. The number of hydrogen-bond donors (Lipinski definition) is 1. The number of nitro groups is 1. The van der Waals surface area contributed by atoms with E-state index in [2.05, 4.69) is 4.72 Å². The number of piperidine rings is 1. The summed E-state index contributed by atoms with van der Waals surface area (Å²) >= 11 is 0. The second-order valence-corrected chi connectivity index (χ2v) is 8.85. The lowest BCUT2D eigenvalue weighted by Crippen LogP contribution is -2.47. The molecule has 1 aromatic rings. The molecule has 0 spiro atoms. The summed E-state index contributed by atoms with van der Waals surface area (Å²) in [6.07, 6.45) is 1.30. The number of amides is 1. The summed E-state index contributed by atoms with van der Waals surface area (Å²) in [7, 11) is -0.251. The van der Waals surface area contributed by atoms with Crippen LogP contribution < -0.4 is 9.62 Å². The third-order valence-electron chi connectivity index (χ3n) is 4.57. The van der Waals surface area contributed by atoms with E-state index in [1.165, 1.54) is 9.80 Å². The number of nitrogens with zero attached hydrogens (tertiary/aromatic N) is 3. The highest BCUT2D eigenvalue weighted by Gasteiger charge is 2.30. The maximum Gasteiger partial charge on any atom is 0.293 e. The zero-order valence-corrected chi connectivity index (χ0v) is 17.0. The van der Waals surface area contributed by atoms with E-state index in [-0.39, 0.29) is 41.8 Å². The number of carbonyl (C=O) groups excluding carboxylic acids is 1. The molecule has 0 radical (unpaired) electrons. The Morgan fingerprint density at radius 1 is 1.36 bits per heavy atom. The van der Waals surface area contributed by atoms with E-state index in [4.69, 9.17) is 0 Å². The molecule has 0 aliphatic carbocycles. The first-order chi connectivity index (χ1) is 13.1. The molecule has 11 heteroatoms. The predicted molar refractivity (Wildman–Crippen MR) is 104 cm³/mol. The summed E-state index contributed by atoms with van der Waals surface area (Å²) in [6.45, 7) is 2.25. The molecule has 1 aromatic carbocycles. The fraction of sp³-hybridized carbons (Fsp3) is 0.588. The topological polar surface area (TPSA) is 113 Å². The third-order valence-corrected chi connectivity index (χ3v) is 6.21. The fourth-order valence-electron chi connectivity index (χ4n) is 3.17. The van der Waals surface area contributed by atoms with Gasteiger partial charge in [-0.3, -0.25) is 14.9 Å². The Morgan fingerprint density at radius 3 is 2.46 bits per heavy atom. The first-order valence-corrected chi connectivity index (χ1v) is 10.7. The average Bonchev–Trinajstić information content (AvgIpc) is 2.60. The van der Waals surface area contributed by atoms with Crippen LogP contribution in [0.25, 0.3) is 0 Å². The second-order valence-electron chi connectivity index (χ2n) is 6.98. The van der Waals surface area contributed by atoms with Crippen molar-refractivity contribution in [1.29, 1.82) is 0 Å². The maximum atomic E-state index is 14.5. The van der Waals surface area contributed by atoms with Crippen LogP contribution in [0.1, 0.15) is 36.5 Å². The zero-order chi connectivity index (χ0) is 21.1. The molecule has 1 N–H and O–H groups in total. The van der Waals surface area contributed by atoms with E-state index < -0.39 is 26.7 Å². The Kier molecular flexibility index (Phi) is 6.94. The van der Waals surface area contributed by atoms with Crippen LogP contribution in [0.3, 0.4) is 0 Å². The largest absolute Gasteiger partial charge is 0.372 e. The minimum absolute atomic E-state index is 0.0409. The summed E-state index contributed by atoms with van der Waals surface area (Å²) in [5.74, 6) is -1.43. The minimum Gasteiger partial charge on any atom is -0.372 e. The van der Waals surface area contributed by atoms with Crippen LogP contribution in [0.5, 0.6) is 0 Å². The van der Waals surface area contributed by atoms with Gasteiger partial charge in [-0.15, -0.1) is 0 Å². The van der Waals surface area contributed by atoms with Crippen LogP contribution in [0, 0.1) is 15.9 Å². The molecule has 0 aromatic heterocycles. The molecule has 0 saturated carbocycles. The van der Waals surface area contributed by atoms with Gasteiger partial charge >= 0.3 is 0 Å². The zero-order valence-electron chi connectivity index (χ0n) is 16.1. The monoisotopic (exact) mass is 416 g/mol. The van der Waals surface area contributed by atoms with Gasteiger partial charge < -0.3 is 9.80 Å². The van der Waals surface area contributed by atoms with Crippen molar-refractivity contribution in [1.82, 2.24) is 9.62 Å². The number of hydrogen-bond acceptors (Lipinski definition) is 6. The molecular formula is C17H25FN4O5S. The third kappa shape index (κ3) is 5.16. The van der Waals surface area contributed by atoms with E-state index in [0.717, 1.165) is 12.1 Å². The summed E-state index contributed by atoms with van der Waals surface area (Å²) in [5.41, 5.74) is -0.637. The number of carbonyl (C=O) groups is 1. The minimum atomic E-state index is -3.35. The SMILES string of the molecule is CCCS(=O)(=O)NC1CCN(C(=O)c2cc([N+](=O)[O-])c(N(C)C)cc2F)CC1. The summed E-state index contributed by atoms with van der Waals surface area (Å²) in [4.78, 5) is 26.1. The van der Waals surface area contributed by atoms with Crippen LogP contribution in [-0.4, -0.2) is 63.1 Å². The van der Waals surface area contributed by atoms with Crippen molar-refractivity contribution < 1.29 is 22.5 Å². The van der Waals surface area contributed by atoms with Crippen LogP contribution in [-0.2, 0) is 10.0 Å². The van der Waals surface area contributed by atoms with Gasteiger partial charge in [0.2, 0.25) is 10.0 Å². The molecule has 28 heavy (non-hydrogen) atoms. The number of rotatable bonds is 7. The number of anilines is 1. The first-order valence-electron chi connectivity index (χ1n) is 9.00. The van der Waals surface area contributed by atoms with Gasteiger partial charge in [0.25, 0.3) is 11.6 Å². The van der Waals surface area contributed by atoms with Gasteiger partial charge in [0, 0.05) is 45.4 Å². The molecule has 1 saturated heterocycles. The molecule has 9 nitrogen and oxygen atoms in total. The lowest BCUT2D eigenvalue weighted by Gasteiger charge is -2.32. The predicted octanol–water partition coefficient (Wildman–Crippen LogP) is 1.73. The van der Waals surface area contributed by atoms with E-state index in [0.29, 0.717) is 19.3 Å². The highest BCUT2D eigenvalue weighted by Crippen LogP contribution is 2.30. The fourth-order valence-corrected chi connectivity index (χ4v) is 4.57. The van der Waals surface area contributed by atoms with Crippen LogP contribution in [0.2, 0.25) is 0 Å². The molecule has 1 heterocycles. The van der Waals surface area contributed by atoms with Crippen LogP contribution in [0.4, 0.5) is 15.8 Å². The van der Waals surface area contributed by atoms with Crippen molar-refractivity contribution in [3.8, 4) is 0 Å². The van der Waals surface area contributed by atoms with Crippen LogP contribution in [0.15, 0.2) is 12.1 Å². The Bertz CT molecular complexity index is 851. The van der Waals surface area contributed by atoms with Crippen LogP contribution >= 0.6 is 0 Å². The number of halogens is 1. The normalized spacial score (nSPS) is 15.5. The number of sulfonamides is 1. The highest BCUT2D eigenvalue weighted by atomic mass is 32.2. The van der Waals surface area contributed by atoms with Gasteiger partial charge in [0.1, 0.15) is 11.5 Å². The van der Waals surface area contributed by atoms with E-state index in [1.54, 1.807) is 21.0 Å². The molecule has 156 valence electrons. The number of nitrogens with one attached hydrogen (secondary N) is 1. The molecule has 1 fully saturated rings. The second kappa shape index (κ2) is 8.82. The smallest absolute Gasteiger partial charge is 0.293 e. The van der Waals surface area contributed by atoms with Gasteiger partial charge in [-0.05, 0) is 19.3 Å². The van der Waals surface area contributed by atoms with Gasteiger partial charge in [-0.1, -0.05) is 6.92 Å². The Morgan fingerprint density at radius 2 is 1.96 bits per heavy atom. The standard InChI is InChI=1S/C17H25FN4O5S/c1-4-9-28(26,27)19-12-5-7-21(8-6-12)17(23)13-10-16(22(24)25)15(20(2)3)11-14(13)18/h10-12,19H,4-9H2,1-3H3. The van der Waals surface area contributed by atoms with Crippen molar-refractivity contribution in [3.05, 3.63) is 33.6 Å². The summed E-state index contributed by atoms with van der Waals surface area (Å²) < 4.78 is 40.8. The van der Waals surface area contributed by atoms with Gasteiger partial charge in [0.15, 0.2) is 0 Å². The quantitative estimate of drug-likeness (QED) is 0.535. The average molecular weight is 416 g/mol. The molecule has 0 bridgehead atoms. The lowest BCUT2D eigenvalue weighted by atomic mass is 10.0. The van der Waals surface area contributed by atoms with Gasteiger partial charge in [-0.25, -0.2) is 17.5 Å². The number of benzene rings is 1. The van der Waals surface area contributed by atoms with E-state index in [1.807, 2.05) is 0 Å². The first kappa shape index (κ1) is 22.0. The lowest BCUT2D eigenvalue weighted by molar-refractivity contribution is -0.384. The van der Waals surface area contributed by atoms with Crippen molar-refractivity contribution in [2.24, 2.45) is 0 Å². The number of nitro benzene ring substituents is 1. The molecule has 1 aliphatic heterocycles. The summed E-state index contributed by atoms with van der Waals surface area (Å²) in [6, 6.07) is 1.66. The maximum absolute atomic E-state index is 14.5. The molecule has 0 unspecified atom stereocenters.